The molecule has 2 unspecified atom stereocenters. The summed E-state index contributed by atoms with van der Waals surface area (Å²) in [4.78, 5) is 8.14. The lowest BCUT2D eigenvalue weighted by Crippen LogP contribution is -1.98. The predicted molar refractivity (Wildman–Crippen MR) is 30.7 cm³/mol. The molecule has 8 heavy (non-hydrogen) atoms. The first-order chi connectivity index (χ1) is 3.66. The van der Waals surface area contributed by atoms with Crippen LogP contribution in [0.15, 0.2) is 0 Å². The topological polar surface area (TPSA) is 46.5 Å². The smallest absolute Gasteiger partial charge is 0.298 e. The first kappa shape index (κ1) is 8.02. The van der Waals surface area contributed by atoms with E-state index in [4.69, 9.17) is 4.89 Å². The molecular formula is C4H10O3P. The molecule has 1 radical (unpaired) electrons. The first-order valence-electron chi connectivity index (χ1n) is 2.49. The monoisotopic (exact) mass is 137 g/mol. The highest BCUT2D eigenvalue weighted by atomic mass is 31.1. The van der Waals surface area contributed by atoms with Crippen molar-refractivity contribution in [2.45, 2.75) is 26.4 Å². The van der Waals surface area contributed by atoms with Gasteiger partial charge in [0.2, 0.25) is 0 Å². The molecule has 0 aromatic carbocycles. The lowest BCUT2D eigenvalue weighted by molar-refractivity contribution is 0.202. The van der Waals surface area contributed by atoms with Gasteiger partial charge in [0.05, 0.1) is 6.10 Å². The lowest BCUT2D eigenvalue weighted by Gasteiger charge is -2.02. The van der Waals surface area contributed by atoms with Crippen LogP contribution in [0.3, 0.4) is 0 Å². The van der Waals surface area contributed by atoms with E-state index in [0.717, 1.165) is 6.42 Å². The van der Waals surface area contributed by atoms with Crippen molar-refractivity contribution in [2.24, 2.45) is 0 Å². The molecule has 0 saturated carbocycles. The van der Waals surface area contributed by atoms with E-state index in [9.17, 15) is 4.57 Å². The van der Waals surface area contributed by atoms with E-state index < -0.39 is 8.25 Å². The fraction of sp³-hybridized carbons (Fsp3) is 1.00. The van der Waals surface area contributed by atoms with Gasteiger partial charge >= 0.3 is 8.25 Å². The molecular weight excluding hydrogens is 127 g/mol. The van der Waals surface area contributed by atoms with E-state index in [1.165, 1.54) is 0 Å². The normalized spacial score (nSPS) is 15.6. The van der Waals surface area contributed by atoms with E-state index in [2.05, 4.69) is 4.52 Å². The molecule has 0 aliphatic rings. The zero-order chi connectivity index (χ0) is 6.57. The summed E-state index contributed by atoms with van der Waals surface area (Å²) in [5.41, 5.74) is 0. The van der Waals surface area contributed by atoms with Gasteiger partial charge in [-0.1, -0.05) is 6.92 Å². The third-order valence-corrected chi connectivity index (χ3v) is 1.39. The van der Waals surface area contributed by atoms with Gasteiger partial charge in [-0.2, -0.15) is 0 Å². The molecule has 0 aromatic heterocycles. The Bertz CT molecular complexity index is 83.4. The Morgan fingerprint density at radius 3 is 2.50 bits per heavy atom. The summed E-state index contributed by atoms with van der Waals surface area (Å²) < 4.78 is 14.4. The fourth-order valence-electron chi connectivity index (χ4n) is 0.228. The summed E-state index contributed by atoms with van der Waals surface area (Å²) in [5.74, 6) is 0. The average Bonchev–Trinajstić information content (AvgIpc) is 1.65. The molecule has 1 N–H and O–H groups in total. The van der Waals surface area contributed by atoms with E-state index in [1.807, 2.05) is 6.92 Å². The van der Waals surface area contributed by atoms with Gasteiger partial charge in [0.1, 0.15) is 0 Å². The maximum absolute atomic E-state index is 9.89. The van der Waals surface area contributed by atoms with Crippen LogP contribution in [-0.2, 0) is 9.09 Å². The van der Waals surface area contributed by atoms with Crippen molar-refractivity contribution in [2.75, 3.05) is 0 Å². The predicted octanol–water partition coefficient (Wildman–Crippen LogP) is 1.45. The Kier molecular flexibility index (Phi) is 3.97. The summed E-state index contributed by atoms with van der Waals surface area (Å²) in [5, 5.41) is 0. The van der Waals surface area contributed by atoms with Gasteiger partial charge in [-0.25, -0.2) is 4.57 Å². The highest BCUT2D eigenvalue weighted by Crippen LogP contribution is 2.18. The first-order valence-corrected chi connectivity index (χ1v) is 3.62. The molecule has 0 aromatic rings. The quantitative estimate of drug-likeness (QED) is 0.599. The van der Waals surface area contributed by atoms with Crippen LogP contribution in [0.5, 0.6) is 0 Å². The molecule has 3 nitrogen and oxygen atoms in total. The van der Waals surface area contributed by atoms with E-state index in [0.29, 0.717) is 0 Å². The van der Waals surface area contributed by atoms with Crippen molar-refractivity contribution in [3.05, 3.63) is 0 Å². The minimum absolute atomic E-state index is 0.108. The van der Waals surface area contributed by atoms with Gasteiger partial charge < -0.3 is 0 Å². The van der Waals surface area contributed by atoms with Crippen LogP contribution >= 0.6 is 8.25 Å². The molecule has 0 heterocycles. The molecule has 4 heteroatoms. The third-order valence-electron chi connectivity index (χ3n) is 0.845. The van der Waals surface area contributed by atoms with Gasteiger partial charge in [-0.3, -0.25) is 9.42 Å². The third kappa shape index (κ3) is 4.19. The highest BCUT2D eigenvalue weighted by molar-refractivity contribution is 7.32. The van der Waals surface area contributed by atoms with Gasteiger partial charge in [0.25, 0.3) is 0 Å². The largest absolute Gasteiger partial charge is 0.366 e. The SMILES string of the molecule is CCC(C)O[P](=O)O. The van der Waals surface area contributed by atoms with E-state index in [-0.39, 0.29) is 6.10 Å². The van der Waals surface area contributed by atoms with Gasteiger partial charge in [-0.05, 0) is 13.3 Å². The average molecular weight is 137 g/mol. The fourth-order valence-corrected chi connectivity index (χ4v) is 0.685. The van der Waals surface area contributed by atoms with Gasteiger partial charge in [-0.15, -0.1) is 0 Å². The molecule has 0 aliphatic heterocycles. The second-order valence-corrected chi connectivity index (χ2v) is 2.25. The lowest BCUT2D eigenvalue weighted by atomic mass is 10.3. The summed E-state index contributed by atoms with van der Waals surface area (Å²) >= 11 is 0. The second kappa shape index (κ2) is 3.96. The van der Waals surface area contributed by atoms with Crippen molar-refractivity contribution >= 4 is 8.25 Å². The van der Waals surface area contributed by atoms with Crippen molar-refractivity contribution in [1.29, 1.82) is 0 Å². The van der Waals surface area contributed by atoms with Crippen molar-refractivity contribution in [3.63, 3.8) is 0 Å². The number of hydrogen-bond donors (Lipinski definition) is 1. The maximum Gasteiger partial charge on any atom is 0.366 e. The summed E-state index contributed by atoms with van der Waals surface area (Å²) in [7, 11) is -2.40. The summed E-state index contributed by atoms with van der Waals surface area (Å²) in [6.07, 6.45) is 0.658. The number of hydrogen-bond acceptors (Lipinski definition) is 2. The molecule has 49 valence electrons. The Morgan fingerprint density at radius 1 is 1.88 bits per heavy atom. The Hall–Kier alpha value is 0.0200. The standard InChI is InChI=1S/C4H10O3P/c1-3-4(2)7-8(5)6/h4H,3H2,1-2H3,(H,5,6). The van der Waals surface area contributed by atoms with Crippen LogP contribution < -0.4 is 0 Å². The van der Waals surface area contributed by atoms with Crippen LogP contribution in [0.25, 0.3) is 0 Å². The molecule has 2 atom stereocenters. The Labute approximate surface area is 49.6 Å². The molecule has 0 bridgehead atoms. The molecule has 0 rings (SSSR count). The second-order valence-electron chi connectivity index (χ2n) is 1.56. The van der Waals surface area contributed by atoms with Gasteiger partial charge in [0.15, 0.2) is 0 Å². The molecule has 0 aliphatic carbocycles. The zero-order valence-electron chi connectivity index (χ0n) is 5.00. The summed E-state index contributed by atoms with van der Waals surface area (Å²) in [6, 6.07) is 0. The van der Waals surface area contributed by atoms with Crippen LogP contribution in [0.2, 0.25) is 0 Å². The summed E-state index contributed by atoms with van der Waals surface area (Å²) in [6.45, 7) is 3.65. The van der Waals surface area contributed by atoms with Crippen LogP contribution in [0.1, 0.15) is 20.3 Å². The van der Waals surface area contributed by atoms with Gasteiger partial charge in [0, 0.05) is 0 Å². The van der Waals surface area contributed by atoms with Crippen molar-refractivity contribution in [1.82, 2.24) is 0 Å². The van der Waals surface area contributed by atoms with E-state index in [1.54, 1.807) is 6.92 Å². The molecule has 0 saturated heterocycles. The van der Waals surface area contributed by atoms with Crippen molar-refractivity contribution in [3.8, 4) is 0 Å². The highest BCUT2D eigenvalue weighted by Gasteiger charge is 2.01. The van der Waals surface area contributed by atoms with E-state index >= 15 is 0 Å². The molecule has 0 amide bonds. The maximum atomic E-state index is 9.89. The number of rotatable bonds is 3. The molecule has 0 spiro atoms. The van der Waals surface area contributed by atoms with Crippen LogP contribution in [-0.4, -0.2) is 11.0 Å². The minimum Gasteiger partial charge on any atom is -0.298 e. The van der Waals surface area contributed by atoms with Crippen LogP contribution in [0.4, 0.5) is 0 Å². The zero-order valence-corrected chi connectivity index (χ0v) is 5.89. The molecule has 0 fully saturated rings. The van der Waals surface area contributed by atoms with Crippen molar-refractivity contribution < 1.29 is 14.0 Å². The Balaban J connectivity index is 3.24. The Morgan fingerprint density at radius 2 is 2.38 bits per heavy atom. The van der Waals surface area contributed by atoms with Crippen LogP contribution in [0, 0.1) is 0 Å². The minimum atomic E-state index is -2.40.